The molecule has 0 spiro atoms. The van der Waals surface area contributed by atoms with Gasteiger partial charge in [0.15, 0.2) is 5.82 Å². The summed E-state index contributed by atoms with van der Waals surface area (Å²) < 4.78 is 0. The van der Waals surface area contributed by atoms with E-state index >= 15 is 0 Å². The van der Waals surface area contributed by atoms with Crippen LogP contribution in [0.4, 0.5) is 5.82 Å². The number of aliphatic imine (C=N–C) groups is 1. The number of amides is 2. The van der Waals surface area contributed by atoms with E-state index in [-0.39, 0.29) is 18.2 Å². The Hall–Kier alpha value is -3.81. The van der Waals surface area contributed by atoms with Crippen molar-refractivity contribution in [2.75, 3.05) is 31.1 Å². The Bertz CT molecular complexity index is 1120. The second kappa shape index (κ2) is 8.03. The maximum absolute atomic E-state index is 13.5. The molecular weight excluding hydrogens is 404 g/mol. The van der Waals surface area contributed by atoms with Crippen LogP contribution in [-0.4, -0.2) is 69.4 Å². The van der Waals surface area contributed by atoms with Gasteiger partial charge in [-0.05, 0) is 31.2 Å². The largest absolute Gasteiger partial charge is 0.352 e. The molecule has 8 nitrogen and oxygen atoms in total. The first-order valence-corrected chi connectivity index (χ1v) is 10.7. The first-order valence-electron chi connectivity index (χ1n) is 10.7. The van der Waals surface area contributed by atoms with Crippen LogP contribution in [0.15, 0.2) is 71.9 Å². The van der Waals surface area contributed by atoms with E-state index in [2.05, 4.69) is 20.1 Å². The molecule has 1 fully saturated rings. The van der Waals surface area contributed by atoms with E-state index in [9.17, 15) is 9.59 Å². The topological polar surface area (TPSA) is 82.0 Å². The van der Waals surface area contributed by atoms with Gasteiger partial charge in [-0.2, -0.15) is 4.99 Å². The van der Waals surface area contributed by atoms with Crippen molar-refractivity contribution in [1.82, 2.24) is 20.0 Å². The lowest BCUT2D eigenvalue weighted by Crippen LogP contribution is -2.63. The van der Waals surface area contributed by atoms with E-state index in [1.807, 2.05) is 77.5 Å². The molecule has 32 heavy (non-hydrogen) atoms. The number of benzene rings is 1. The predicted octanol–water partition coefficient (Wildman–Crippen LogP) is 2.27. The highest BCUT2D eigenvalue weighted by atomic mass is 16.2. The van der Waals surface area contributed by atoms with Crippen LogP contribution in [0.5, 0.6) is 0 Å². The minimum absolute atomic E-state index is 0.0524. The number of allylic oxidation sites excluding steroid dienone is 2. The molecule has 1 saturated heterocycles. The van der Waals surface area contributed by atoms with E-state index in [1.165, 1.54) is 0 Å². The number of carbonyl (C=O) groups excluding carboxylic acids is 2. The lowest BCUT2D eigenvalue weighted by molar-refractivity contribution is -0.144. The summed E-state index contributed by atoms with van der Waals surface area (Å²) >= 11 is 0. The van der Waals surface area contributed by atoms with Gasteiger partial charge in [-0.3, -0.25) is 9.59 Å². The van der Waals surface area contributed by atoms with Crippen LogP contribution in [0, 0.1) is 0 Å². The van der Waals surface area contributed by atoms with Gasteiger partial charge < -0.3 is 14.7 Å². The van der Waals surface area contributed by atoms with Gasteiger partial charge in [0.1, 0.15) is 11.4 Å². The molecular formula is C24H24N6O2. The Morgan fingerprint density at radius 2 is 1.75 bits per heavy atom. The number of hydrogen-bond donors (Lipinski definition) is 0. The molecule has 2 aromatic rings. The molecule has 8 heteroatoms. The first-order chi connectivity index (χ1) is 15.5. The number of rotatable bonds is 3. The van der Waals surface area contributed by atoms with Crippen LogP contribution in [0.1, 0.15) is 13.3 Å². The normalized spacial score (nSPS) is 22.6. The quantitative estimate of drug-likeness (QED) is 0.746. The second-order valence-corrected chi connectivity index (χ2v) is 8.31. The average molecular weight is 428 g/mol. The number of hydrogen-bond acceptors (Lipinski definition) is 6. The van der Waals surface area contributed by atoms with Gasteiger partial charge in [-0.15, -0.1) is 10.2 Å². The van der Waals surface area contributed by atoms with Crippen molar-refractivity contribution < 1.29 is 9.59 Å². The summed E-state index contributed by atoms with van der Waals surface area (Å²) in [5.74, 6) is 1.00. The molecule has 3 aliphatic rings. The summed E-state index contributed by atoms with van der Waals surface area (Å²) in [6, 6.07) is 13.9. The highest BCUT2D eigenvalue weighted by molar-refractivity contribution is 6.09. The summed E-state index contributed by atoms with van der Waals surface area (Å²) in [5.41, 5.74) is 0.898. The van der Waals surface area contributed by atoms with Gasteiger partial charge in [0.25, 0.3) is 5.91 Å². The van der Waals surface area contributed by atoms with Gasteiger partial charge in [-0.25, -0.2) is 0 Å². The van der Waals surface area contributed by atoms with Gasteiger partial charge in [0, 0.05) is 37.9 Å². The SMILES string of the molecule is CC1(C(=O)N2CCN(c3ccc(-c4ccccc4)nn3)CC2)CC(=O)N=C2C=CC=CN21. The van der Waals surface area contributed by atoms with Crippen molar-refractivity contribution in [3.8, 4) is 11.3 Å². The lowest BCUT2D eigenvalue weighted by Gasteiger charge is -2.46. The zero-order chi connectivity index (χ0) is 22.1. The van der Waals surface area contributed by atoms with Crippen molar-refractivity contribution in [1.29, 1.82) is 0 Å². The van der Waals surface area contributed by atoms with Gasteiger partial charge >= 0.3 is 0 Å². The van der Waals surface area contributed by atoms with Crippen LogP contribution < -0.4 is 4.90 Å². The Labute approximate surface area is 186 Å². The van der Waals surface area contributed by atoms with E-state index < -0.39 is 5.54 Å². The minimum Gasteiger partial charge on any atom is -0.352 e. The highest BCUT2D eigenvalue weighted by Gasteiger charge is 2.47. The number of aromatic nitrogens is 2. The van der Waals surface area contributed by atoms with Crippen molar-refractivity contribution >= 4 is 23.5 Å². The molecule has 0 N–H and O–H groups in total. The summed E-state index contributed by atoms with van der Waals surface area (Å²) in [7, 11) is 0. The predicted molar refractivity (Wildman–Crippen MR) is 122 cm³/mol. The Balaban J connectivity index is 1.26. The van der Waals surface area contributed by atoms with E-state index in [0.717, 1.165) is 17.1 Å². The summed E-state index contributed by atoms with van der Waals surface area (Å²) in [6.07, 6.45) is 7.33. The molecule has 0 saturated carbocycles. The monoisotopic (exact) mass is 428 g/mol. The number of fused-ring (bicyclic) bond motifs is 1. The third-order valence-electron chi connectivity index (χ3n) is 6.18. The van der Waals surface area contributed by atoms with Gasteiger partial charge in [0.2, 0.25) is 5.91 Å². The zero-order valence-corrected chi connectivity index (χ0v) is 17.9. The molecule has 3 aliphatic heterocycles. The molecule has 1 aromatic carbocycles. The molecule has 1 aromatic heterocycles. The second-order valence-electron chi connectivity index (χ2n) is 8.31. The minimum atomic E-state index is -0.964. The van der Waals surface area contributed by atoms with Crippen LogP contribution in [0.3, 0.4) is 0 Å². The van der Waals surface area contributed by atoms with E-state index in [1.54, 1.807) is 6.08 Å². The molecule has 0 bridgehead atoms. The molecule has 1 unspecified atom stereocenters. The van der Waals surface area contributed by atoms with Gasteiger partial charge in [0.05, 0.1) is 12.1 Å². The van der Waals surface area contributed by atoms with Crippen molar-refractivity contribution in [2.45, 2.75) is 18.9 Å². The van der Waals surface area contributed by atoms with E-state index in [4.69, 9.17) is 0 Å². The summed E-state index contributed by atoms with van der Waals surface area (Å²) in [5, 5.41) is 8.78. The van der Waals surface area contributed by atoms with Crippen LogP contribution in [0.25, 0.3) is 11.3 Å². The molecule has 1 atom stereocenters. The Morgan fingerprint density at radius 3 is 2.47 bits per heavy atom. The fourth-order valence-corrected chi connectivity index (χ4v) is 4.40. The average Bonchev–Trinajstić information content (AvgIpc) is 2.84. The number of carbonyl (C=O) groups is 2. The number of anilines is 1. The zero-order valence-electron chi connectivity index (χ0n) is 17.9. The van der Waals surface area contributed by atoms with Gasteiger partial charge in [-0.1, -0.05) is 36.4 Å². The fourth-order valence-electron chi connectivity index (χ4n) is 4.40. The highest BCUT2D eigenvalue weighted by Crippen LogP contribution is 2.30. The number of nitrogens with zero attached hydrogens (tertiary/aromatic N) is 6. The third kappa shape index (κ3) is 3.57. The standard InChI is InChI=1S/C24H24N6O2/c1-24(17-22(31)25-20-9-5-6-12-30(20)24)23(32)29-15-13-28(14-16-29)21-11-10-19(26-27-21)18-7-3-2-4-8-18/h2-12H,13-17H2,1H3. The summed E-state index contributed by atoms with van der Waals surface area (Å²) in [4.78, 5) is 35.6. The third-order valence-corrected chi connectivity index (χ3v) is 6.18. The van der Waals surface area contributed by atoms with Crippen LogP contribution in [-0.2, 0) is 9.59 Å². The van der Waals surface area contributed by atoms with Crippen molar-refractivity contribution in [2.24, 2.45) is 4.99 Å². The van der Waals surface area contributed by atoms with Crippen LogP contribution >= 0.6 is 0 Å². The Morgan fingerprint density at radius 1 is 0.969 bits per heavy atom. The van der Waals surface area contributed by atoms with E-state index in [0.29, 0.717) is 32.0 Å². The smallest absolute Gasteiger partial charge is 0.250 e. The molecule has 5 rings (SSSR count). The van der Waals surface area contributed by atoms with Crippen molar-refractivity contribution in [3.05, 3.63) is 66.9 Å². The molecule has 2 amide bonds. The fraction of sp³-hybridized carbons (Fsp3) is 0.292. The molecule has 162 valence electrons. The lowest BCUT2D eigenvalue weighted by atomic mass is 9.90. The maximum Gasteiger partial charge on any atom is 0.250 e. The number of piperazine rings is 1. The maximum atomic E-state index is 13.5. The van der Waals surface area contributed by atoms with Crippen LogP contribution in [0.2, 0.25) is 0 Å². The van der Waals surface area contributed by atoms with Crippen molar-refractivity contribution in [3.63, 3.8) is 0 Å². The molecule has 0 aliphatic carbocycles. The molecule has 0 radical (unpaired) electrons. The summed E-state index contributed by atoms with van der Waals surface area (Å²) in [6.45, 7) is 4.26. The number of amidine groups is 1. The molecule has 4 heterocycles. The Kier molecular flexibility index (Phi) is 5.05. The first kappa shape index (κ1) is 20.1.